The summed E-state index contributed by atoms with van der Waals surface area (Å²) in [7, 11) is 0. The van der Waals surface area contributed by atoms with Crippen molar-refractivity contribution < 1.29 is 14.3 Å². The second-order valence-corrected chi connectivity index (χ2v) is 9.54. The van der Waals surface area contributed by atoms with Crippen molar-refractivity contribution in [2.75, 3.05) is 18.5 Å². The number of carbonyl (C=O) groups excluding carboxylic acids is 1. The van der Waals surface area contributed by atoms with Gasteiger partial charge in [-0.05, 0) is 54.4 Å². The lowest BCUT2D eigenvalue weighted by Gasteiger charge is -2.33. The van der Waals surface area contributed by atoms with Gasteiger partial charge in [-0.1, -0.05) is 20.8 Å². The maximum Gasteiger partial charge on any atom is 0.256 e. The van der Waals surface area contributed by atoms with Crippen LogP contribution >= 0.6 is 11.3 Å². The summed E-state index contributed by atoms with van der Waals surface area (Å²) < 4.78 is 11.1. The Hall–Kier alpha value is -2.52. The molecule has 0 saturated carbocycles. The van der Waals surface area contributed by atoms with Crippen LogP contribution in [0.25, 0.3) is 0 Å². The number of nitrogens with zero attached hydrogens (tertiary/aromatic N) is 1. The number of thiophene rings is 1. The fourth-order valence-electron chi connectivity index (χ4n) is 3.89. The van der Waals surface area contributed by atoms with Gasteiger partial charge in [0.15, 0.2) is 11.5 Å². The highest BCUT2D eigenvalue weighted by Crippen LogP contribution is 2.44. The molecule has 28 heavy (non-hydrogen) atoms. The van der Waals surface area contributed by atoms with Crippen LogP contribution in [0.2, 0.25) is 0 Å². The maximum atomic E-state index is 12.8. The van der Waals surface area contributed by atoms with Gasteiger partial charge in [0.05, 0.1) is 5.56 Å². The predicted molar refractivity (Wildman–Crippen MR) is 109 cm³/mol. The van der Waals surface area contributed by atoms with Crippen molar-refractivity contribution >= 4 is 22.2 Å². The van der Waals surface area contributed by atoms with Crippen molar-refractivity contribution in [3.05, 3.63) is 39.8 Å². The summed E-state index contributed by atoms with van der Waals surface area (Å²) in [5, 5.41) is 13.3. The van der Waals surface area contributed by atoms with Crippen LogP contribution in [0.5, 0.6) is 11.5 Å². The summed E-state index contributed by atoms with van der Waals surface area (Å²) in [5.41, 5.74) is 2.47. The van der Waals surface area contributed by atoms with E-state index >= 15 is 0 Å². The molecule has 2 aromatic rings. The number of nitriles is 1. The number of fused-ring (bicyclic) bond motifs is 2. The van der Waals surface area contributed by atoms with Crippen LogP contribution in [-0.2, 0) is 12.8 Å². The van der Waals surface area contributed by atoms with Gasteiger partial charge in [0, 0.05) is 10.4 Å². The number of hydrogen-bond acceptors (Lipinski definition) is 5. The topological polar surface area (TPSA) is 71.3 Å². The van der Waals surface area contributed by atoms with E-state index in [-0.39, 0.29) is 11.3 Å². The molecule has 0 saturated heterocycles. The highest BCUT2D eigenvalue weighted by molar-refractivity contribution is 7.16. The van der Waals surface area contributed by atoms with Crippen LogP contribution in [0.1, 0.15) is 53.6 Å². The molecule has 0 unspecified atom stereocenters. The Morgan fingerprint density at radius 3 is 2.71 bits per heavy atom. The summed E-state index contributed by atoms with van der Waals surface area (Å²) in [5.74, 6) is 1.59. The lowest BCUT2D eigenvalue weighted by molar-refractivity contribution is 0.102. The summed E-state index contributed by atoms with van der Waals surface area (Å²) in [4.78, 5) is 14.0. The molecule has 0 spiro atoms. The van der Waals surface area contributed by atoms with E-state index in [0.717, 1.165) is 24.8 Å². The normalized spacial score (nSPS) is 18.1. The van der Waals surface area contributed by atoms with E-state index in [4.69, 9.17) is 9.47 Å². The number of nitrogens with one attached hydrogen (secondary N) is 1. The van der Waals surface area contributed by atoms with Crippen molar-refractivity contribution in [2.24, 2.45) is 11.3 Å². The molecule has 4 rings (SSSR count). The highest BCUT2D eigenvalue weighted by Gasteiger charge is 2.32. The number of hydrogen-bond donors (Lipinski definition) is 1. The van der Waals surface area contributed by atoms with Gasteiger partial charge in [0.1, 0.15) is 24.3 Å². The summed E-state index contributed by atoms with van der Waals surface area (Å²) in [6.45, 7) is 7.80. The molecule has 1 amide bonds. The molecule has 1 aliphatic heterocycles. The van der Waals surface area contributed by atoms with Gasteiger partial charge in [0.25, 0.3) is 5.91 Å². The van der Waals surface area contributed by atoms with E-state index in [9.17, 15) is 10.1 Å². The van der Waals surface area contributed by atoms with Crippen molar-refractivity contribution in [3.63, 3.8) is 0 Å². The van der Waals surface area contributed by atoms with Crippen molar-refractivity contribution in [3.8, 4) is 17.6 Å². The first-order chi connectivity index (χ1) is 13.4. The number of carbonyl (C=O) groups is 1. The van der Waals surface area contributed by atoms with E-state index < -0.39 is 0 Å². The standard InChI is InChI=1S/C22H24N2O3S/c1-22(2,3)14-5-6-15-16(12-23)21(28-19(15)11-14)24-20(25)13-4-7-17-18(10-13)27-9-8-26-17/h4,7,10,14H,5-6,8-9,11H2,1-3H3,(H,24,25)/t14-/m1/s1. The zero-order valence-corrected chi connectivity index (χ0v) is 17.2. The Morgan fingerprint density at radius 2 is 2.00 bits per heavy atom. The average Bonchev–Trinajstić information content (AvgIpc) is 3.02. The van der Waals surface area contributed by atoms with Crippen LogP contribution in [0.3, 0.4) is 0 Å². The van der Waals surface area contributed by atoms with Crippen LogP contribution in [-0.4, -0.2) is 19.1 Å². The zero-order valence-electron chi connectivity index (χ0n) is 16.4. The minimum atomic E-state index is -0.237. The first-order valence-electron chi connectivity index (χ1n) is 9.62. The van der Waals surface area contributed by atoms with Crippen molar-refractivity contribution in [2.45, 2.75) is 40.0 Å². The van der Waals surface area contributed by atoms with E-state index in [2.05, 4.69) is 32.2 Å². The third kappa shape index (κ3) is 3.47. The minimum Gasteiger partial charge on any atom is -0.486 e. The molecule has 5 nitrogen and oxygen atoms in total. The number of anilines is 1. The molecular weight excluding hydrogens is 372 g/mol. The SMILES string of the molecule is CC(C)(C)[C@@H]1CCc2c(sc(NC(=O)c3ccc4c(c3)OCCO4)c2C#N)C1. The van der Waals surface area contributed by atoms with Gasteiger partial charge in [0.2, 0.25) is 0 Å². The van der Waals surface area contributed by atoms with Crippen molar-refractivity contribution in [1.29, 1.82) is 5.26 Å². The second-order valence-electron chi connectivity index (χ2n) is 8.44. The zero-order chi connectivity index (χ0) is 19.9. The molecule has 2 aliphatic rings. The average molecular weight is 397 g/mol. The van der Waals surface area contributed by atoms with Crippen LogP contribution in [0.4, 0.5) is 5.00 Å². The van der Waals surface area contributed by atoms with Crippen LogP contribution in [0, 0.1) is 22.7 Å². The quantitative estimate of drug-likeness (QED) is 0.792. The Balaban J connectivity index is 1.58. The monoisotopic (exact) mass is 396 g/mol. The highest BCUT2D eigenvalue weighted by atomic mass is 32.1. The molecule has 146 valence electrons. The summed E-state index contributed by atoms with van der Waals surface area (Å²) in [6.07, 6.45) is 2.95. The van der Waals surface area contributed by atoms with Gasteiger partial charge in [-0.3, -0.25) is 4.79 Å². The molecule has 1 N–H and O–H groups in total. The third-order valence-corrected chi connectivity index (χ3v) is 6.80. The Morgan fingerprint density at radius 1 is 1.25 bits per heavy atom. The number of ether oxygens (including phenoxy) is 2. The molecule has 1 aromatic heterocycles. The molecule has 0 bridgehead atoms. The van der Waals surface area contributed by atoms with Crippen LogP contribution in [0.15, 0.2) is 18.2 Å². The second kappa shape index (κ2) is 7.14. The molecule has 1 aliphatic carbocycles. The smallest absolute Gasteiger partial charge is 0.256 e. The summed E-state index contributed by atoms with van der Waals surface area (Å²) in [6, 6.07) is 7.48. The van der Waals surface area contributed by atoms with Gasteiger partial charge in [-0.2, -0.15) is 5.26 Å². The Kier molecular flexibility index (Phi) is 4.80. The third-order valence-electron chi connectivity index (χ3n) is 5.63. The molecule has 1 aromatic carbocycles. The Labute approximate surface area is 169 Å². The lowest BCUT2D eigenvalue weighted by atomic mass is 9.72. The minimum absolute atomic E-state index is 0.237. The number of benzene rings is 1. The lowest BCUT2D eigenvalue weighted by Crippen LogP contribution is -2.26. The van der Waals surface area contributed by atoms with Crippen LogP contribution < -0.4 is 14.8 Å². The number of amides is 1. The summed E-state index contributed by atoms with van der Waals surface area (Å²) >= 11 is 1.55. The molecular formula is C22H24N2O3S. The van der Waals surface area contributed by atoms with Gasteiger partial charge >= 0.3 is 0 Å². The number of rotatable bonds is 2. The van der Waals surface area contributed by atoms with Crippen molar-refractivity contribution in [1.82, 2.24) is 0 Å². The first kappa shape index (κ1) is 18.8. The van der Waals surface area contributed by atoms with E-state index in [1.165, 1.54) is 4.88 Å². The predicted octanol–water partition coefficient (Wildman–Crippen LogP) is 4.79. The molecule has 0 radical (unpaired) electrons. The van der Waals surface area contributed by atoms with E-state index in [1.54, 1.807) is 29.5 Å². The fraction of sp³-hybridized carbons (Fsp3) is 0.455. The van der Waals surface area contributed by atoms with Gasteiger partial charge in [-0.15, -0.1) is 11.3 Å². The van der Waals surface area contributed by atoms with Gasteiger partial charge in [-0.25, -0.2) is 0 Å². The first-order valence-corrected chi connectivity index (χ1v) is 10.4. The maximum absolute atomic E-state index is 12.8. The molecule has 6 heteroatoms. The van der Waals surface area contributed by atoms with E-state index in [0.29, 0.717) is 46.8 Å². The fourth-order valence-corrected chi connectivity index (χ4v) is 5.16. The Bertz CT molecular complexity index is 965. The van der Waals surface area contributed by atoms with E-state index in [1.807, 2.05) is 0 Å². The largest absolute Gasteiger partial charge is 0.486 e. The molecule has 1 atom stereocenters. The molecule has 2 heterocycles. The molecule has 0 fully saturated rings. The van der Waals surface area contributed by atoms with Gasteiger partial charge < -0.3 is 14.8 Å².